The van der Waals surface area contributed by atoms with Gasteiger partial charge in [-0.2, -0.15) is 0 Å². The van der Waals surface area contributed by atoms with Gasteiger partial charge in [0, 0.05) is 41.4 Å². The predicted octanol–water partition coefficient (Wildman–Crippen LogP) is 7.15. The van der Waals surface area contributed by atoms with E-state index in [9.17, 15) is 9.59 Å². The minimum Gasteiger partial charge on any atom is -0.435 e. The van der Waals surface area contributed by atoms with E-state index in [4.69, 9.17) is 47.2 Å². The Morgan fingerprint density at radius 3 is 2.63 bits per heavy atom. The van der Waals surface area contributed by atoms with E-state index in [0.29, 0.717) is 50.5 Å². The summed E-state index contributed by atoms with van der Waals surface area (Å²) in [6.07, 6.45) is 3.28. The van der Waals surface area contributed by atoms with Crippen molar-refractivity contribution in [3.05, 3.63) is 52.8 Å². The minimum absolute atomic E-state index is 0.0316. The summed E-state index contributed by atoms with van der Waals surface area (Å²) in [5.41, 5.74) is 1.17. The van der Waals surface area contributed by atoms with E-state index >= 15 is 0 Å². The first-order valence-corrected chi connectivity index (χ1v) is 16.5. The molecule has 244 valence electrons. The summed E-state index contributed by atoms with van der Waals surface area (Å²) in [5, 5.41) is 7.61. The van der Waals surface area contributed by atoms with Crippen LogP contribution in [-0.2, 0) is 33.6 Å². The first-order chi connectivity index (χ1) is 22.0. The number of fused-ring (bicyclic) bond motifs is 3. The molecule has 13 heteroatoms. The number of esters is 1. The Hall–Kier alpha value is -3.06. The van der Waals surface area contributed by atoms with Crippen molar-refractivity contribution >= 4 is 63.2 Å². The van der Waals surface area contributed by atoms with Gasteiger partial charge >= 0.3 is 5.97 Å². The average Bonchev–Trinajstić information content (AvgIpc) is 3.26. The molecule has 5 aliphatic rings. The first kappa shape index (κ1) is 31.5. The van der Waals surface area contributed by atoms with Crippen molar-refractivity contribution in [3.8, 4) is 0 Å². The smallest absolute Gasteiger partial charge is 0.308 e. The third-order valence-corrected chi connectivity index (χ3v) is 10.7. The second-order valence-corrected chi connectivity index (χ2v) is 13.8. The Bertz CT molecular complexity index is 1680. The number of hydrogen-bond acceptors (Lipinski definition) is 10. The standard InChI is InChI=1S/C33H36Cl2N4O7/c1-17-4-7-23-18(2)30(43-31-33(23)22(17)12-13-32(3,44-31)45-46-33)42-28(41)11-10-27(40)38-19-6-9-26-21(14-19)29(37-16-36-26)39-20-5-8-24(34)25(35)15-20/h5-6,8-9,14-18,22-23,30-31H,4,7,10-13H2,1-3H3,(H,38,40)(H,36,37,39)/t17-,18-,22+,23+,30-,31-,32+,33-/m1/s1. The van der Waals surface area contributed by atoms with Crippen LogP contribution in [0.5, 0.6) is 0 Å². The van der Waals surface area contributed by atoms with E-state index < -0.39 is 29.9 Å². The highest BCUT2D eigenvalue weighted by molar-refractivity contribution is 6.42. The Labute approximate surface area is 276 Å². The van der Waals surface area contributed by atoms with Gasteiger partial charge in [0.15, 0.2) is 11.9 Å². The third-order valence-electron chi connectivity index (χ3n) is 10.0. The highest BCUT2D eigenvalue weighted by atomic mass is 35.5. The maximum atomic E-state index is 13.0. The van der Waals surface area contributed by atoms with E-state index in [1.165, 1.54) is 6.33 Å². The fourth-order valence-corrected chi connectivity index (χ4v) is 7.88. The summed E-state index contributed by atoms with van der Waals surface area (Å²) in [4.78, 5) is 46.6. The number of hydrogen-bond donors (Lipinski definition) is 2. The van der Waals surface area contributed by atoms with Gasteiger partial charge in [0.2, 0.25) is 18.0 Å². The van der Waals surface area contributed by atoms with Gasteiger partial charge in [-0.15, -0.1) is 0 Å². The molecular formula is C33H36Cl2N4O7. The second-order valence-electron chi connectivity index (χ2n) is 13.0. The normalized spacial score (nSPS) is 33.2. The molecule has 4 saturated heterocycles. The molecule has 1 amide bonds. The highest BCUT2D eigenvalue weighted by Gasteiger charge is 2.69. The van der Waals surface area contributed by atoms with Crippen LogP contribution in [0.15, 0.2) is 42.7 Å². The number of benzene rings is 2. The molecule has 1 saturated carbocycles. The molecule has 8 atom stereocenters. The fourth-order valence-electron chi connectivity index (χ4n) is 7.58. The maximum absolute atomic E-state index is 13.0. The average molecular weight is 672 g/mol. The van der Waals surface area contributed by atoms with Crippen molar-refractivity contribution in [2.24, 2.45) is 23.7 Å². The quantitative estimate of drug-likeness (QED) is 0.197. The number of amides is 1. The molecule has 0 radical (unpaired) electrons. The number of anilines is 3. The summed E-state index contributed by atoms with van der Waals surface area (Å²) in [6.45, 7) is 6.12. The van der Waals surface area contributed by atoms with Crippen LogP contribution in [0, 0.1) is 23.7 Å². The molecule has 1 spiro atoms. The number of halogens is 2. The highest BCUT2D eigenvalue weighted by Crippen LogP contribution is 2.60. The van der Waals surface area contributed by atoms with Crippen LogP contribution in [0.1, 0.15) is 59.3 Å². The number of rotatable bonds is 7. The van der Waals surface area contributed by atoms with E-state index in [0.717, 1.165) is 19.3 Å². The van der Waals surface area contributed by atoms with Crippen LogP contribution in [-0.4, -0.2) is 45.8 Å². The van der Waals surface area contributed by atoms with Crippen molar-refractivity contribution in [2.75, 3.05) is 10.6 Å². The Kier molecular flexibility index (Phi) is 8.36. The summed E-state index contributed by atoms with van der Waals surface area (Å²) in [5.74, 6) is -0.717. The van der Waals surface area contributed by atoms with Gasteiger partial charge in [0.1, 0.15) is 12.1 Å². The summed E-state index contributed by atoms with van der Waals surface area (Å²) in [7, 11) is 0. The predicted molar refractivity (Wildman–Crippen MR) is 170 cm³/mol. The maximum Gasteiger partial charge on any atom is 0.308 e. The van der Waals surface area contributed by atoms with E-state index in [-0.39, 0.29) is 36.5 Å². The molecule has 8 rings (SSSR count). The number of nitrogens with one attached hydrogen (secondary N) is 2. The van der Waals surface area contributed by atoms with E-state index in [1.807, 2.05) is 13.8 Å². The van der Waals surface area contributed by atoms with Crippen LogP contribution >= 0.6 is 23.2 Å². The van der Waals surface area contributed by atoms with Crippen LogP contribution in [0.2, 0.25) is 10.0 Å². The largest absolute Gasteiger partial charge is 0.435 e. The molecule has 1 aliphatic carbocycles. The third kappa shape index (κ3) is 5.71. The van der Waals surface area contributed by atoms with Crippen LogP contribution in [0.25, 0.3) is 10.9 Å². The van der Waals surface area contributed by atoms with Gasteiger partial charge in [-0.25, -0.2) is 19.7 Å². The summed E-state index contributed by atoms with van der Waals surface area (Å²) < 4.78 is 18.5. The van der Waals surface area contributed by atoms with Crippen molar-refractivity contribution in [3.63, 3.8) is 0 Å². The SMILES string of the molecule is C[C@H]1[C@H](OC(=O)CCC(=O)Nc2ccc3ncnc(Nc4ccc(Cl)c(Cl)c4)c3c2)O[C@@H]2O[C@]3(C)CC[C@H]4[C@H](C)CC[C@@H]1[C@@]24OO3. The zero-order valence-electron chi connectivity index (χ0n) is 25.8. The van der Waals surface area contributed by atoms with Gasteiger partial charge in [0.25, 0.3) is 0 Å². The van der Waals surface area contributed by atoms with Crippen LogP contribution in [0.3, 0.4) is 0 Å². The zero-order valence-corrected chi connectivity index (χ0v) is 27.3. The van der Waals surface area contributed by atoms with Gasteiger partial charge in [-0.05, 0) is 74.4 Å². The first-order valence-electron chi connectivity index (χ1n) is 15.7. The molecular weight excluding hydrogens is 635 g/mol. The molecule has 2 aromatic carbocycles. The molecule has 11 nitrogen and oxygen atoms in total. The number of ether oxygens (including phenoxy) is 3. The molecule has 4 aliphatic heterocycles. The fraction of sp³-hybridized carbons (Fsp3) is 0.515. The number of nitrogens with zero attached hydrogens (tertiary/aromatic N) is 2. The van der Waals surface area contributed by atoms with Gasteiger partial charge < -0.3 is 24.8 Å². The molecule has 1 aromatic heterocycles. The Balaban J connectivity index is 0.983. The molecule has 5 heterocycles. The topological polar surface area (TPSA) is 130 Å². The van der Waals surface area contributed by atoms with E-state index in [2.05, 4.69) is 27.5 Å². The van der Waals surface area contributed by atoms with Gasteiger partial charge in [-0.3, -0.25) is 9.59 Å². The van der Waals surface area contributed by atoms with E-state index in [1.54, 1.807) is 36.4 Å². The second kappa shape index (κ2) is 12.2. The molecule has 3 aromatic rings. The lowest BCUT2D eigenvalue weighted by Gasteiger charge is -2.59. The molecule has 5 fully saturated rings. The number of carbonyl (C=O) groups excluding carboxylic acids is 2. The van der Waals surface area contributed by atoms with Crippen LogP contribution < -0.4 is 10.6 Å². The Morgan fingerprint density at radius 2 is 1.80 bits per heavy atom. The summed E-state index contributed by atoms with van der Waals surface area (Å²) in [6, 6.07) is 10.5. The molecule has 0 unspecified atom stereocenters. The van der Waals surface area contributed by atoms with Crippen molar-refractivity contribution < 1.29 is 33.6 Å². The van der Waals surface area contributed by atoms with Crippen molar-refractivity contribution in [1.82, 2.24) is 9.97 Å². The zero-order chi connectivity index (χ0) is 32.2. The molecule has 2 N–H and O–H groups in total. The minimum atomic E-state index is -0.917. The Morgan fingerprint density at radius 1 is 0.978 bits per heavy atom. The lowest BCUT2D eigenvalue weighted by atomic mass is 9.58. The van der Waals surface area contributed by atoms with Gasteiger partial charge in [0.05, 0.1) is 22.0 Å². The summed E-state index contributed by atoms with van der Waals surface area (Å²) >= 11 is 12.2. The van der Waals surface area contributed by atoms with Crippen molar-refractivity contribution in [1.29, 1.82) is 0 Å². The molecule has 2 bridgehead atoms. The number of carbonyl (C=O) groups is 2. The number of aromatic nitrogens is 2. The lowest BCUT2D eigenvalue weighted by Crippen LogP contribution is -2.70. The van der Waals surface area contributed by atoms with Crippen LogP contribution in [0.4, 0.5) is 17.2 Å². The van der Waals surface area contributed by atoms with Crippen molar-refractivity contribution in [2.45, 2.75) is 83.3 Å². The lowest BCUT2D eigenvalue weighted by molar-refractivity contribution is -0.576. The molecule has 46 heavy (non-hydrogen) atoms. The monoisotopic (exact) mass is 670 g/mol. The van der Waals surface area contributed by atoms with Gasteiger partial charge in [-0.1, -0.05) is 37.0 Å².